The number of hydrogen-bond donors (Lipinski definition) is 2. The van der Waals surface area contributed by atoms with Gasteiger partial charge in [-0.25, -0.2) is 0 Å². The number of guanidine groups is 1. The molecule has 0 fully saturated rings. The Balaban J connectivity index is 2.42. The number of aliphatic imine (C=N–C) groups is 1. The lowest BCUT2D eigenvalue weighted by Gasteiger charge is -2.15. The van der Waals surface area contributed by atoms with Crippen LogP contribution in [0.25, 0.3) is 0 Å². The Morgan fingerprint density at radius 1 is 1.30 bits per heavy atom. The highest BCUT2D eigenvalue weighted by atomic mass is 16.5. The molecule has 0 aromatic heterocycles. The van der Waals surface area contributed by atoms with Gasteiger partial charge < -0.3 is 20.3 Å². The lowest BCUT2D eigenvalue weighted by molar-refractivity contribution is 0.152. The third-order valence-corrected chi connectivity index (χ3v) is 2.85. The van der Waals surface area contributed by atoms with Gasteiger partial charge in [0.05, 0.1) is 6.61 Å². The van der Waals surface area contributed by atoms with Crippen LogP contribution in [0.5, 0.6) is 0 Å². The van der Waals surface area contributed by atoms with Crippen molar-refractivity contribution in [3.63, 3.8) is 0 Å². The molecule has 0 bridgehead atoms. The van der Waals surface area contributed by atoms with Gasteiger partial charge in [0.25, 0.3) is 0 Å². The molecule has 0 atom stereocenters. The van der Waals surface area contributed by atoms with Gasteiger partial charge in [-0.3, -0.25) is 4.99 Å². The first-order valence-electron chi connectivity index (χ1n) is 6.96. The van der Waals surface area contributed by atoms with E-state index in [4.69, 9.17) is 4.74 Å². The first kappa shape index (κ1) is 16.3. The Morgan fingerprint density at radius 3 is 2.75 bits per heavy atom. The Hall–Kier alpha value is -1.75. The van der Waals surface area contributed by atoms with Crippen molar-refractivity contribution >= 4 is 11.6 Å². The van der Waals surface area contributed by atoms with Gasteiger partial charge in [-0.2, -0.15) is 0 Å². The third kappa shape index (κ3) is 5.93. The molecular weight excluding hydrogens is 252 g/mol. The predicted molar refractivity (Wildman–Crippen MR) is 85.5 cm³/mol. The van der Waals surface area contributed by atoms with Crippen molar-refractivity contribution in [2.24, 2.45) is 4.99 Å². The molecule has 0 unspecified atom stereocenters. The molecule has 5 heteroatoms. The van der Waals surface area contributed by atoms with E-state index in [-0.39, 0.29) is 0 Å². The average Bonchev–Trinajstić information content (AvgIpc) is 2.47. The summed E-state index contributed by atoms with van der Waals surface area (Å²) >= 11 is 0. The van der Waals surface area contributed by atoms with Crippen molar-refractivity contribution in [1.82, 2.24) is 10.6 Å². The lowest BCUT2D eigenvalue weighted by atomic mass is 10.2. The van der Waals surface area contributed by atoms with E-state index in [0.717, 1.165) is 25.7 Å². The molecule has 0 aliphatic heterocycles. The topological polar surface area (TPSA) is 48.9 Å². The second-order valence-corrected chi connectivity index (χ2v) is 4.61. The van der Waals surface area contributed by atoms with Crippen LogP contribution in [0.2, 0.25) is 0 Å². The summed E-state index contributed by atoms with van der Waals surface area (Å²) in [5.41, 5.74) is 2.42. The fourth-order valence-corrected chi connectivity index (χ4v) is 1.74. The minimum atomic E-state index is 0.688. The van der Waals surface area contributed by atoms with Crippen LogP contribution in [-0.2, 0) is 11.3 Å². The maximum atomic E-state index is 5.28. The van der Waals surface area contributed by atoms with Gasteiger partial charge in [-0.1, -0.05) is 12.1 Å². The van der Waals surface area contributed by atoms with E-state index in [9.17, 15) is 0 Å². The van der Waals surface area contributed by atoms with Crippen molar-refractivity contribution in [3.8, 4) is 0 Å². The predicted octanol–water partition coefficient (Wildman–Crippen LogP) is 1.45. The third-order valence-electron chi connectivity index (χ3n) is 2.85. The molecule has 1 aromatic carbocycles. The molecule has 0 radical (unpaired) electrons. The quantitative estimate of drug-likeness (QED) is 0.450. The fraction of sp³-hybridized carbons (Fsp3) is 0.533. The molecular formula is C15H26N4O. The maximum absolute atomic E-state index is 5.28. The molecule has 0 aliphatic rings. The van der Waals surface area contributed by atoms with E-state index >= 15 is 0 Å². The van der Waals surface area contributed by atoms with Crippen LogP contribution in [0.3, 0.4) is 0 Å². The summed E-state index contributed by atoms with van der Waals surface area (Å²) in [5, 5.41) is 6.51. The number of anilines is 1. The van der Waals surface area contributed by atoms with Gasteiger partial charge in [0.15, 0.2) is 5.96 Å². The Bertz CT molecular complexity index is 418. The Labute approximate surface area is 122 Å². The molecule has 0 heterocycles. The minimum Gasteiger partial charge on any atom is -0.380 e. The normalized spacial score (nSPS) is 11.3. The van der Waals surface area contributed by atoms with E-state index in [1.165, 1.54) is 11.3 Å². The first-order valence-corrected chi connectivity index (χ1v) is 6.96. The molecule has 0 saturated carbocycles. The van der Waals surface area contributed by atoms with Crippen molar-refractivity contribution in [3.05, 3.63) is 29.8 Å². The molecule has 1 rings (SSSR count). The van der Waals surface area contributed by atoms with Crippen LogP contribution in [0.4, 0.5) is 5.69 Å². The summed E-state index contributed by atoms with van der Waals surface area (Å²) in [5.74, 6) is 0.792. The van der Waals surface area contributed by atoms with Crippen LogP contribution < -0.4 is 15.5 Å². The summed E-state index contributed by atoms with van der Waals surface area (Å²) in [4.78, 5) is 6.28. The maximum Gasteiger partial charge on any atom is 0.191 e. The van der Waals surface area contributed by atoms with Gasteiger partial charge in [-0.05, 0) is 24.6 Å². The Morgan fingerprint density at radius 2 is 2.10 bits per heavy atom. The van der Waals surface area contributed by atoms with E-state index in [1.807, 2.05) is 21.0 Å². The Kier molecular flexibility index (Phi) is 7.50. The van der Waals surface area contributed by atoms with E-state index in [0.29, 0.717) is 6.61 Å². The zero-order valence-electron chi connectivity index (χ0n) is 12.9. The largest absolute Gasteiger partial charge is 0.380 e. The monoisotopic (exact) mass is 278 g/mol. The van der Waals surface area contributed by atoms with Crippen LogP contribution >= 0.6 is 0 Å². The standard InChI is InChI=1S/C15H26N4O/c1-5-20-10-9-17-15(16-2)18-12-13-7-6-8-14(11-13)19(3)4/h6-8,11H,5,9-10,12H2,1-4H3,(H2,16,17,18). The van der Waals surface area contributed by atoms with Crippen LogP contribution in [0.1, 0.15) is 12.5 Å². The van der Waals surface area contributed by atoms with Crippen molar-refractivity contribution in [1.29, 1.82) is 0 Å². The summed E-state index contributed by atoms with van der Waals surface area (Å²) in [6.45, 7) is 4.92. The summed E-state index contributed by atoms with van der Waals surface area (Å²) in [6.07, 6.45) is 0. The van der Waals surface area contributed by atoms with E-state index in [1.54, 1.807) is 7.05 Å². The fourth-order valence-electron chi connectivity index (χ4n) is 1.74. The van der Waals surface area contributed by atoms with E-state index < -0.39 is 0 Å². The second-order valence-electron chi connectivity index (χ2n) is 4.61. The highest BCUT2D eigenvalue weighted by molar-refractivity contribution is 5.79. The number of rotatable bonds is 7. The van der Waals surface area contributed by atoms with Crippen molar-refractivity contribution in [2.75, 3.05) is 45.8 Å². The van der Waals surface area contributed by atoms with Crippen LogP contribution in [0, 0.1) is 0 Å². The van der Waals surface area contributed by atoms with Gasteiger partial charge in [-0.15, -0.1) is 0 Å². The van der Waals surface area contributed by atoms with Gasteiger partial charge in [0.1, 0.15) is 0 Å². The van der Waals surface area contributed by atoms with Crippen LogP contribution in [-0.4, -0.2) is 46.9 Å². The molecule has 2 N–H and O–H groups in total. The number of ether oxygens (including phenoxy) is 1. The molecule has 20 heavy (non-hydrogen) atoms. The second kappa shape index (κ2) is 9.20. The summed E-state index contributed by atoms with van der Waals surface area (Å²) < 4.78 is 5.28. The van der Waals surface area contributed by atoms with Crippen molar-refractivity contribution in [2.45, 2.75) is 13.5 Å². The smallest absolute Gasteiger partial charge is 0.191 e. The average molecular weight is 278 g/mol. The number of nitrogens with zero attached hydrogens (tertiary/aromatic N) is 2. The van der Waals surface area contributed by atoms with Crippen LogP contribution in [0.15, 0.2) is 29.3 Å². The molecule has 5 nitrogen and oxygen atoms in total. The highest BCUT2D eigenvalue weighted by Crippen LogP contribution is 2.12. The number of hydrogen-bond acceptors (Lipinski definition) is 3. The summed E-state index contributed by atoms with van der Waals surface area (Å²) in [7, 11) is 5.85. The number of benzene rings is 1. The van der Waals surface area contributed by atoms with Crippen molar-refractivity contribution < 1.29 is 4.74 Å². The lowest BCUT2D eigenvalue weighted by Crippen LogP contribution is -2.38. The zero-order valence-corrected chi connectivity index (χ0v) is 12.9. The summed E-state index contributed by atoms with van der Waals surface area (Å²) in [6, 6.07) is 8.43. The molecule has 0 aliphatic carbocycles. The molecule has 0 saturated heterocycles. The molecule has 1 aromatic rings. The molecule has 112 valence electrons. The van der Waals surface area contributed by atoms with Gasteiger partial charge in [0.2, 0.25) is 0 Å². The molecule has 0 amide bonds. The van der Waals surface area contributed by atoms with Gasteiger partial charge >= 0.3 is 0 Å². The van der Waals surface area contributed by atoms with Gasteiger partial charge in [0, 0.05) is 46.5 Å². The number of nitrogens with one attached hydrogen (secondary N) is 2. The highest BCUT2D eigenvalue weighted by Gasteiger charge is 2.00. The zero-order chi connectivity index (χ0) is 14.8. The molecule has 0 spiro atoms. The minimum absolute atomic E-state index is 0.688. The first-order chi connectivity index (χ1) is 9.67. The van der Waals surface area contributed by atoms with E-state index in [2.05, 4.69) is 44.8 Å². The SMILES string of the molecule is CCOCCNC(=NC)NCc1cccc(N(C)C)c1.